The molecule has 1 aromatic rings. The van der Waals surface area contributed by atoms with Crippen LogP contribution in [0.1, 0.15) is 37.0 Å². The average Bonchev–Trinajstić information content (AvgIpc) is 2.41. The van der Waals surface area contributed by atoms with Gasteiger partial charge in [0.25, 0.3) is 5.91 Å². The summed E-state index contributed by atoms with van der Waals surface area (Å²) in [6, 6.07) is 4.40. The molecule has 1 rings (SSSR count). The number of phenols is 1. The summed E-state index contributed by atoms with van der Waals surface area (Å²) in [6.45, 7) is 4.15. The lowest BCUT2D eigenvalue weighted by atomic mass is 10.2. The Labute approximate surface area is 118 Å². The lowest BCUT2D eigenvalue weighted by Crippen LogP contribution is -2.35. The number of nitrogens with two attached hydrogens (primary N) is 1. The number of carbonyl (C=O) groups excluding carboxylic acids is 2. The molecule has 1 unspecified atom stereocenters. The topological polar surface area (TPSA) is 104 Å². The van der Waals surface area contributed by atoms with Crippen molar-refractivity contribution in [2.75, 3.05) is 12.3 Å². The molecule has 0 radical (unpaired) electrons. The van der Waals surface area contributed by atoms with Gasteiger partial charge in [-0.2, -0.15) is 0 Å². The maximum absolute atomic E-state index is 11.8. The van der Waals surface area contributed by atoms with Gasteiger partial charge in [0.05, 0.1) is 5.69 Å². The number of rotatable bonds is 6. The monoisotopic (exact) mass is 279 g/mol. The maximum Gasteiger partial charge on any atom is 0.251 e. The zero-order valence-electron chi connectivity index (χ0n) is 11.8. The van der Waals surface area contributed by atoms with Crippen molar-refractivity contribution in [1.29, 1.82) is 0 Å². The summed E-state index contributed by atoms with van der Waals surface area (Å²) < 4.78 is 0. The van der Waals surface area contributed by atoms with E-state index in [-0.39, 0.29) is 42.3 Å². The molecule has 0 fully saturated rings. The van der Waals surface area contributed by atoms with Crippen LogP contribution >= 0.6 is 0 Å². The summed E-state index contributed by atoms with van der Waals surface area (Å²) >= 11 is 0. The molecule has 0 aliphatic heterocycles. The number of aromatic hydroxyl groups is 1. The number of carbonyl (C=O) groups is 2. The molecule has 1 atom stereocenters. The summed E-state index contributed by atoms with van der Waals surface area (Å²) in [5.41, 5.74) is 5.98. The van der Waals surface area contributed by atoms with E-state index in [0.29, 0.717) is 5.56 Å². The molecule has 0 spiro atoms. The van der Waals surface area contributed by atoms with Gasteiger partial charge in [0.1, 0.15) is 5.75 Å². The molecule has 0 saturated heterocycles. The average molecular weight is 279 g/mol. The predicted octanol–water partition coefficient (Wildman–Crippen LogP) is 1.01. The highest BCUT2D eigenvalue weighted by Gasteiger charge is 2.09. The van der Waals surface area contributed by atoms with Crippen LogP contribution in [0, 0.1) is 0 Å². The smallest absolute Gasteiger partial charge is 0.251 e. The molecule has 110 valence electrons. The zero-order chi connectivity index (χ0) is 15.1. The Kier molecular flexibility index (Phi) is 5.83. The van der Waals surface area contributed by atoms with Crippen molar-refractivity contribution >= 4 is 17.5 Å². The van der Waals surface area contributed by atoms with Crippen LogP contribution < -0.4 is 16.4 Å². The first-order valence-corrected chi connectivity index (χ1v) is 6.60. The molecule has 20 heavy (non-hydrogen) atoms. The van der Waals surface area contributed by atoms with Crippen LogP contribution in [0.15, 0.2) is 18.2 Å². The molecule has 1 aromatic carbocycles. The standard InChI is InChI=1S/C14H21N3O3/c1-3-9(2)17-13(19)6-7-16-14(20)10-4-5-11(15)12(18)8-10/h4-5,8-9,18H,3,6-7,15H2,1-2H3,(H,16,20)(H,17,19). The highest BCUT2D eigenvalue weighted by Crippen LogP contribution is 2.20. The van der Waals surface area contributed by atoms with Crippen LogP contribution in [0.3, 0.4) is 0 Å². The highest BCUT2D eigenvalue weighted by molar-refractivity contribution is 5.95. The molecule has 0 aliphatic rings. The second-order valence-corrected chi connectivity index (χ2v) is 4.66. The minimum absolute atomic E-state index is 0.0974. The minimum Gasteiger partial charge on any atom is -0.506 e. The van der Waals surface area contributed by atoms with E-state index in [4.69, 9.17) is 5.73 Å². The molecule has 5 N–H and O–H groups in total. The van der Waals surface area contributed by atoms with E-state index in [9.17, 15) is 14.7 Å². The molecule has 6 nitrogen and oxygen atoms in total. The second-order valence-electron chi connectivity index (χ2n) is 4.66. The Morgan fingerprint density at radius 1 is 1.40 bits per heavy atom. The third-order valence-corrected chi connectivity index (χ3v) is 2.95. The van der Waals surface area contributed by atoms with Crippen molar-refractivity contribution in [3.05, 3.63) is 23.8 Å². The van der Waals surface area contributed by atoms with E-state index in [0.717, 1.165) is 6.42 Å². The molecule has 0 bridgehead atoms. The van der Waals surface area contributed by atoms with Gasteiger partial charge in [0, 0.05) is 24.6 Å². The Balaban J connectivity index is 2.40. The molecule has 2 amide bonds. The number of nitrogen functional groups attached to an aromatic ring is 1. The van der Waals surface area contributed by atoms with Gasteiger partial charge in [-0.05, 0) is 31.5 Å². The fraction of sp³-hybridized carbons (Fsp3) is 0.429. The zero-order valence-corrected chi connectivity index (χ0v) is 11.8. The van der Waals surface area contributed by atoms with Crippen molar-refractivity contribution in [3.63, 3.8) is 0 Å². The summed E-state index contributed by atoms with van der Waals surface area (Å²) in [5, 5.41) is 14.8. The van der Waals surface area contributed by atoms with Gasteiger partial charge >= 0.3 is 0 Å². The van der Waals surface area contributed by atoms with Gasteiger partial charge in [-0.15, -0.1) is 0 Å². The number of nitrogens with one attached hydrogen (secondary N) is 2. The molecular weight excluding hydrogens is 258 g/mol. The number of hydrogen-bond acceptors (Lipinski definition) is 4. The second kappa shape index (κ2) is 7.37. The third kappa shape index (κ3) is 4.79. The fourth-order valence-electron chi connectivity index (χ4n) is 1.53. The van der Waals surface area contributed by atoms with E-state index in [1.54, 1.807) is 0 Å². The van der Waals surface area contributed by atoms with Crippen molar-refractivity contribution in [3.8, 4) is 5.75 Å². The first-order chi connectivity index (χ1) is 9.43. The highest BCUT2D eigenvalue weighted by atomic mass is 16.3. The summed E-state index contributed by atoms with van der Waals surface area (Å²) in [7, 11) is 0. The van der Waals surface area contributed by atoms with E-state index in [1.165, 1.54) is 18.2 Å². The summed E-state index contributed by atoms with van der Waals surface area (Å²) in [4.78, 5) is 23.3. The van der Waals surface area contributed by atoms with Crippen molar-refractivity contribution in [1.82, 2.24) is 10.6 Å². The van der Waals surface area contributed by atoms with E-state index in [2.05, 4.69) is 10.6 Å². The lowest BCUT2D eigenvalue weighted by Gasteiger charge is -2.11. The fourth-order valence-corrected chi connectivity index (χ4v) is 1.53. The number of phenolic OH excluding ortho intramolecular Hbond substituents is 1. The van der Waals surface area contributed by atoms with E-state index in [1.807, 2.05) is 13.8 Å². The molecular formula is C14H21N3O3. The van der Waals surface area contributed by atoms with Crippen molar-refractivity contribution < 1.29 is 14.7 Å². The first kappa shape index (κ1) is 15.8. The van der Waals surface area contributed by atoms with E-state index >= 15 is 0 Å². The van der Waals surface area contributed by atoms with Crippen molar-refractivity contribution in [2.45, 2.75) is 32.7 Å². The Bertz CT molecular complexity index is 489. The number of benzene rings is 1. The van der Waals surface area contributed by atoms with Gasteiger partial charge in [-0.1, -0.05) is 6.92 Å². The Morgan fingerprint density at radius 3 is 2.70 bits per heavy atom. The van der Waals surface area contributed by atoms with Gasteiger partial charge in [0.15, 0.2) is 0 Å². The van der Waals surface area contributed by atoms with Crippen LogP contribution in [0.4, 0.5) is 5.69 Å². The van der Waals surface area contributed by atoms with Gasteiger partial charge < -0.3 is 21.5 Å². The third-order valence-electron chi connectivity index (χ3n) is 2.95. The molecule has 0 heterocycles. The van der Waals surface area contributed by atoms with Gasteiger partial charge in [0.2, 0.25) is 5.91 Å². The minimum atomic E-state index is -0.350. The summed E-state index contributed by atoms with van der Waals surface area (Å²) in [6.07, 6.45) is 1.08. The SMILES string of the molecule is CCC(C)NC(=O)CCNC(=O)c1ccc(N)c(O)c1. The first-order valence-electron chi connectivity index (χ1n) is 6.60. The molecule has 0 aromatic heterocycles. The Hall–Kier alpha value is -2.24. The number of anilines is 1. The van der Waals surface area contributed by atoms with Gasteiger partial charge in [-0.25, -0.2) is 0 Å². The molecule has 6 heteroatoms. The lowest BCUT2D eigenvalue weighted by molar-refractivity contribution is -0.121. The molecule has 0 saturated carbocycles. The van der Waals surface area contributed by atoms with Crippen LogP contribution in [0.2, 0.25) is 0 Å². The Morgan fingerprint density at radius 2 is 2.10 bits per heavy atom. The quantitative estimate of drug-likeness (QED) is 0.460. The maximum atomic E-state index is 11.8. The number of amides is 2. The van der Waals surface area contributed by atoms with Gasteiger partial charge in [-0.3, -0.25) is 9.59 Å². The predicted molar refractivity (Wildman–Crippen MR) is 77.4 cm³/mol. The molecule has 0 aliphatic carbocycles. The van der Waals surface area contributed by atoms with Crippen LogP contribution in [-0.2, 0) is 4.79 Å². The van der Waals surface area contributed by atoms with E-state index < -0.39 is 0 Å². The van der Waals surface area contributed by atoms with Crippen molar-refractivity contribution in [2.24, 2.45) is 0 Å². The largest absolute Gasteiger partial charge is 0.506 e. The van der Waals surface area contributed by atoms with Crippen LogP contribution in [-0.4, -0.2) is 29.5 Å². The normalized spacial score (nSPS) is 11.7. The number of hydrogen-bond donors (Lipinski definition) is 4. The summed E-state index contributed by atoms with van der Waals surface area (Å²) in [5.74, 6) is -0.580. The van der Waals surface area contributed by atoms with Crippen LogP contribution in [0.5, 0.6) is 5.75 Å². The van der Waals surface area contributed by atoms with Crippen LogP contribution in [0.25, 0.3) is 0 Å².